The molecule has 12 heteroatoms. The second-order valence-corrected chi connectivity index (χ2v) is 15.1. The number of carbonyl (C=O) groups excluding carboxylic acids is 4. The molecule has 0 bridgehead atoms. The number of primary amides is 1. The van der Waals surface area contributed by atoms with Crippen LogP contribution in [0.25, 0.3) is 0 Å². The van der Waals surface area contributed by atoms with Crippen LogP contribution in [0.2, 0.25) is 5.02 Å². The van der Waals surface area contributed by atoms with E-state index in [-0.39, 0.29) is 24.3 Å². The third-order valence-electron chi connectivity index (χ3n) is 10.1. The Morgan fingerprint density at radius 3 is 2.20 bits per heavy atom. The monoisotopic (exact) mass is 660 g/mol. The standard InChI is InChI=1S/C34H53ClN6O5/c1-34(2,3)29(39-32(45)27(36)23-10-5-4-6-11-23)33(46)41-17-16-40(19-22-12-14-24(35)15-13-22)26(20-41)31(44)38-25(28(42)30(37)43)18-21-8-7-9-21/h12-15,21,23,25-29,42H,4-11,16-20,36H2,1-3H3,(H2,37,43)(H,38,44)(H,39,45)/t25?,26-,27+,28?,29-/m1/s1. The van der Waals surface area contributed by atoms with Crippen LogP contribution in [0.5, 0.6) is 0 Å². The molecule has 0 radical (unpaired) electrons. The van der Waals surface area contributed by atoms with Crippen LogP contribution < -0.4 is 22.1 Å². The lowest BCUT2D eigenvalue weighted by atomic mass is 9.79. The summed E-state index contributed by atoms with van der Waals surface area (Å²) in [6.07, 6.45) is 6.99. The average molecular weight is 661 g/mol. The number of nitrogens with one attached hydrogen (secondary N) is 2. The Hall–Kier alpha value is -2.73. The van der Waals surface area contributed by atoms with Crippen molar-refractivity contribution in [3.8, 4) is 0 Å². The highest BCUT2D eigenvalue weighted by molar-refractivity contribution is 6.30. The molecule has 3 fully saturated rings. The summed E-state index contributed by atoms with van der Waals surface area (Å²) >= 11 is 6.10. The molecule has 11 nitrogen and oxygen atoms in total. The molecule has 256 valence electrons. The summed E-state index contributed by atoms with van der Waals surface area (Å²) in [6, 6.07) is 4.23. The van der Waals surface area contributed by atoms with Crippen LogP contribution in [0, 0.1) is 17.3 Å². The highest BCUT2D eigenvalue weighted by atomic mass is 35.5. The van der Waals surface area contributed by atoms with E-state index < -0.39 is 47.5 Å². The van der Waals surface area contributed by atoms with E-state index in [1.54, 1.807) is 17.0 Å². The van der Waals surface area contributed by atoms with Crippen LogP contribution >= 0.6 is 11.6 Å². The molecule has 1 aromatic carbocycles. The summed E-state index contributed by atoms with van der Waals surface area (Å²) in [5, 5.41) is 17.1. The normalized spacial score (nSPS) is 22.7. The Kier molecular flexibility index (Phi) is 12.5. The first kappa shape index (κ1) is 36.1. The van der Waals surface area contributed by atoms with E-state index in [9.17, 15) is 24.3 Å². The average Bonchev–Trinajstić information content (AvgIpc) is 3.00. The summed E-state index contributed by atoms with van der Waals surface area (Å²) < 4.78 is 0. The minimum absolute atomic E-state index is 0.0677. The molecular weight excluding hydrogens is 608 g/mol. The molecule has 4 rings (SSSR count). The van der Waals surface area contributed by atoms with Gasteiger partial charge < -0.3 is 32.1 Å². The van der Waals surface area contributed by atoms with Crippen LogP contribution in [-0.4, -0.2) is 88.4 Å². The Morgan fingerprint density at radius 2 is 1.63 bits per heavy atom. The number of rotatable bonds is 12. The van der Waals surface area contributed by atoms with Crippen molar-refractivity contribution in [3.05, 3.63) is 34.9 Å². The van der Waals surface area contributed by atoms with Crippen LogP contribution in [0.15, 0.2) is 24.3 Å². The second-order valence-electron chi connectivity index (χ2n) is 14.6. The molecule has 46 heavy (non-hydrogen) atoms. The number of hydrogen-bond acceptors (Lipinski definition) is 7. The number of carbonyl (C=O) groups is 4. The predicted octanol–water partition coefficient (Wildman–Crippen LogP) is 2.31. The number of nitrogens with zero attached hydrogens (tertiary/aromatic N) is 2. The van der Waals surface area contributed by atoms with E-state index in [0.717, 1.165) is 56.9 Å². The summed E-state index contributed by atoms with van der Waals surface area (Å²) in [5.74, 6) is -1.49. The third kappa shape index (κ3) is 9.42. The molecular formula is C34H53ClN6O5. The maximum Gasteiger partial charge on any atom is 0.248 e. The number of aliphatic hydroxyl groups excluding tert-OH is 1. The molecule has 2 aliphatic carbocycles. The first-order chi connectivity index (χ1) is 21.7. The van der Waals surface area contributed by atoms with Crippen molar-refractivity contribution in [1.82, 2.24) is 20.4 Å². The van der Waals surface area contributed by atoms with Gasteiger partial charge in [-0.3, -0.25) is 24.1 Å². The largest absolute Gasteiger partial charge is 0.381 e. The fourth-order valence-corrected chi connectivity index (χ4v) is 7.02. The molecule has 2 saturated carbocycles. The molecule has 5 atom stereocenters. The van der Waals surface area contributed by atoms with E-state index in [4.69, 9.17) is 23.1 Å². The molecule has 1 aromatic rings. The van der Waals surface area contributed by atoms with E-state index >= 15 is 0 Å². The second kappa shape index (κ2) is 15.9. The van der Waals surface area contributed by atoms with Crippen molar-refractivity contribution >= 4 is 35.2 Å². The highest BCUT2D eigenvalue weighted by Crippen LogP contribution is 2.32. The number of benzene rings is 1. The smallest absolute Gasteiger partial charge is 0.248 e. The molecule has 2 unspecified atom stereocenters. The lowest BCUT2D eigenvalue weighted by Gasteiger charge is -2.44. The topological polar surface area (TPSA) is 171 Å². The Balaban J connectivity index is 1.53. The lowest BCUT2D eigenvalue weighted by Crippen LogP contribution is -2.65. The lowest BCUT2D eigenvalue weighted by molar-refractivity contribution is -0.145. The van der Waals surface area contributed by atoms with Crippen molar-refractivity contribution in [3.63, 3.8) is 0 Å². The summed E-state index contributed by atoms with van der Waals surface area (Å²) in [6.45, 7) is 6.95. The molecule has 1 aliphatic heterocycles. The number of aliphatic hydroxyl groups is 1. The Morgan fingerprint density at radius 1 is 0.978 bits per heavy atom. The Labute approximate surface area is 278 Å². The number of nitrogens with two attached hydrogens (primary N) is 2. The van der Waals surface area contributed by atoms with Gasteiger partial charge in [0.05, 0.1) is 12.1 Å². The van der Waals surface area contributed by atoms with Crippen LogP contribution in [0.3, 0.4) is 0 Å². The van der Waals surface area contributed by atoms with Gasteiger partial charge in [0, 0.05) is 31.2 Å². The van der Waals surface area contributed by atoms with E-state index in [1.807, 2.05) is 37.8 Å². The first-order valence-corrected chi connectivity index (χ1v) is 17.2. The van der Waals surface area contributed by atoms with Gasteiger partial charge >= 0.3 is 0 Å². The van der Waals surface area contributed by atoms with Gasteiger partial charge in [0.25, 0.3) is 0 Å². The van der Waals surface area contributed by atoms with Crippen molar-refractivity contribution in [2.75, 3.05) is 19.6 Å². The molecule has 7 N–H and O–H groups in total. The maximum absolute atomic E-state index is 14.2. The third-order valence-corrected chi connectivity index (χ3v) is 10.3. The van der Waals surface area contributed by atoms with Gasteiger partial charge in [-0.25, -0.2) is 0 Å². The van der Waals surface area contributed by atoms with E-state index in [1.165, 1.54) is 0 Å². The van der Waals surface area contributed by atoms with Gasteiger partial charge in [-0.15, -0.1) is 0 Å². The summed E-state index contributed by atoms with van der Waals surface area (Å²) in [7, 11) is 0. The number of hydrogen-bond donors (Lipinski definition) is 5. The number of piperazine rings is 1. The van der Waals surface area contributed by atoms with Gasteiger partial charge in [0.2, 0.25) is 23.6 Å². The van der Waals surface area contributed by atoms with Crippen molar-refractivity contribution in [2.45, 2.75) is 115 Å². The van der Waals surface area contributed by atoms with Gasteiger partial charge in [0.1, 0.15) is 12.1 Å². The summed E-state index contributed by atoms with van der Waals surface area (Å²) in [5.41, 5.74) is 12.2. The quantitative estimate of drug-likeness (QED) is 0.229. The molecule has 0 aromatic heterocycles. The molecule has 0 spiro atoms. The fraction of sp³-hybridized carbons (Fsp3) is 0.706. The van der Waals surface area contributed by atoms with Crippen LogP contribution in [0.1, 0.15) is 84.1 Å². The van der Waals surface area contributed by atoms with Gasteiger partial charge in [-0.2, -0.15) is 0 Å². The number of amides is 4. The van der Waals surface area contributed by atoms with Gasteiger partial charge in [-0.05, 0) is 54.2 Å². The van der Waals surface area contributed by atoms with Crippen molar-refractivity contribution < 1.29 is 24.3 Å². The predicted molar refractivity (Wildman–Crippen MR) is 177 cm³/mol. The number of halogens is 1. The maximum atomic E-state index is 14.2. The minimum atomic E-state index is -1.52. The van der Waals surface area contributed by atoms with Crippen molar-refractivity contribution in [2.24, 2.45) is 28.7 Å². The van der Waals surface area contributed by atoms with Crippen LogP contribution in [0.4, 0.5) is 0 Å². The Bertz CT molecular complexity index is 1210. The van der Waals surface area contributed by atoms with Crippen LogP contribution in [-0.2, 0) is 25.7 Å². The fourth-order valence-electron chi connectivity index (χ4n) is 6.89. The minimum Gasteiger partial charge on any atom is -0.381 e. The molecule has 1 heterocycles. The molecule has 3 aliphatic rings. The zero-order chi connectivity index (χ0) is 33.6. The molecule has 4 amide bonds. The van der Waals surface area contributed by atoms with Crippen molar-refractivity contribution in [1.29, 1.82) is 0 Å². The zero-order valence-electron chi connectivity index (χ0n) is 27.6. The summed E-state index contributed by atoms with van der Waals surface area (Å²) in [4.78, 5) is 57.1. The highest BCUT2D eigenvalue weighted by Gasteiger charge is 2.42. The SMILES string of the molecule is CC(C)(C)[C@H](NC(=O)[C@@H](N)C1CCCCC1)C(=O)N1CCN(Cc2ccc(Cl)cc2)[C@@H](C(=O)NC(CC2CCC2)C(O)C(N)=O)C1. The van der Waals surface area contributed by atoms with Gasteiger partial charge in [0.15, 0.2) is 6.10 Å². The first-order valence-electron chi connectivity index (χ1n) is 16.9. The van der Waals surface area contributed by atoms with E-state index in [2.05, 4.69) is 10.6 Å². The molecule has 1 saturated heterocycles. The zero-order valence-corrected chi connectivity index (χ0v) is 28.3. The van der Waals surface area contributed by atoms with Gasteiger partial charge in [-0.1, -0.05) is 83.0 Å². The van der Waals surface area contributed by atoms with E-state index in [0.29, 0.717) is 37.0 Å².